The zero-order valence-corrected chi connectivity index (χ0v) is 39.9. The van der Waals surface area contributed by atoms with E-state index in [1.54, 1.807) is 18.2 Å². The molecule has 0 radical (unpaired) electrons. The van der Waals surface area contributed by atoms with Crippen molar-refractivity contribution < 1.29 is 14.4 Å². The van der Waals surface area contributed by atoms with Gasteiger partial charge in [-0.1, -0.05) is 120 Å². The fraction of sp³-hybridized carbons (Fsp3) is 0.304. The minimum Gasteiger partial charge on any atom is -0.351 e. The summed E-state index contributed by atoms with van der Waals surface area (Å²) < 4.78 is 0. The van der Waals surface area contributed by atoms with E-state index in [1.807, 2.05) is 57.2 Å². The van der Waals surface area contributed by atoms with Gasteiger partial charge in [0.05, 0.1) is 10.0 Å². The third kappa shape index (κ3) is 12.6. The highest BCUT2D eigenvalue weighted by Gasteiger charge is 2.23. The maximum absolute atomic E-state index is 12.4. The van der Waals surface area contributed by atoms with Gasteiger partial charge in [0.25, 0.3) is 17.7 Å². The van der Waals surface area contributed by atoms with Gasteiger partial charge in [-0.2, -0.15) is 0 Å². The first kappa shape index (κ1) is 48.2. The Balaban J connectivity index is 0.000000147. The fourth-order valence-corrected chi connectivity index (χ4v) is 9.41. The molecule has 9 rings (SSSR count). The number of carbonyl (C=O) groups is 3. The number of rotatable bonds is 9. The van der Waals surface area contributed by atoms with Crippen molar-refractivity contribution in [2.45, 2.75) is 77.8 Å². The maximum Gasteiger partial charge on any atom is 0.251 e. The lowest BCUT2D eigenvalue weighted by atomic mass is 9.83. The summed E-state index contributed by atoms with van der Waals surface area (Å²) in [4.78, 5) is 37.0. The maximum atomic E-state index is 12.4. The molecule has 66 heavy (non-hydrogen) atoms. The van der Waals surface area contributed by atoms with Crippen LogP contribution in [0.2, 0.25) is 10.0 Å². The molecule has 0 aromatic heterocycles. The molecule has 6 aromatic carbocycles. The van der Waals surface area contributed by atoms with E-state index in [1.165, 1.54) is 50.9 Å². The first-order valence-electron chi connectivity index (χ1n) is 23.1. The summed E-state index contributed by atoms with van der Waals surface area (Å²) in [6, 6.07) is 42.5. The Morgan fingerprint density at radius 2 is 1.05 bits per heavy atom. The molecule has 0 spiro atoms. The number of halogens is 2. The summed E-state index contributed by atoms with van der Waals surface area (Å²) in [6.45, 7) is 11.9. The van der Waals surface area contributed by atoms with Gasteiger partial charge in [0.1, 0.15) is 0 Å². The lowest BCUT2D eigenvalue weighted by Gasteiger charge is -2.27. The van der Waals surface area contributed by atoms with Crippen molar-refractivity contribution in [2.24, 2.45) is 0 Å². The van der Waals surface area contributed by atoms with E-state index in [4.69, 9.17) is 23.2 Å². The molecule has 342 valence electrons. The normalized spacial score (nSPS) is 16.9. The Morgan fingerprint density at radius 1 is 0.515 bits per heavy atom. The predicted octanol–water partition coefficient (Wildman–Crippen LogP) is 10.7. The van der Waals surface area contributed by atoms with Gasteiger partial charge in [0, 0.05) is 54.3 Å². The van der Waals surface area contributed by atoms with E-state index < -0.39 is 0 Å². The van der Waals surface area contributed by atoms with E-state index in [0.717, 1.165) is 67.6 Å². The topological polar surface area (TPSA) is 111 Å². The molecule has 1 aliphatic carbocycles. The molecule has 2 aliphatic heterocycles. The Bertz CT molecular complexity index is 2540. The average molecular weight is 923 g/mol. The van der Waals surface area contributed by atoms with Crippen LogP contribution in [0.3, 0.4) is 0 Å². The van der Waals surface area contributed by atoms with Gasteiger partial charge < -0.3 is 26.6 Å². The van der Waals surface area contributed by atoms with E-state index >= 15 is 0 Å². The van der Waals surface area contributed by atoms with Crippen molar-refractivity contribution in [3.8, 4) is 0 Å². The number of benzene rings is 6. The number of nitrogens with one attached hydrogen (secondary N) is 5. The first-order valence-corrected chi connectivity index (χ1v) is 23.8. The lowest BCUT2D eigenvalue weighted by molar-refractivity contribution is 0.0941. The number of hydrogen-bond acceptors (Lipinski definition) is 5. The number of carbonyl (C=O) groups excluding carboxylic acids is 3. The average Bonchev–Trinajstić information content (AvgIpc) is 3.33. The molecule has 2 heterocycles. The second-order valence-corrected chi connectivity index (χ2v) is 18.4. The van der Waals surface area contributed by atoms with Gasteiger partial charge in [-0.15, -0.1) is 0 Å². The molecule has 0 fully saturated rings. The molecule has 0 bridgehead atoms. The molecule has 0 saturated heterocycles. The summed E-state index contributed by atoms with van der Waals surface area (Å²) in [5.74, 6) is 0.330. The van der Waals surface area contributed by atoms with Gasteiger partial charge in [0.2, 0.25) is 0 Å². The molecule has 3 amide bonds. The smallest absolute Gasteiger partial charge is 0.251 e. The molecule has 8 nitrogen and oxygen atoms in total. The van der Waals surface area contributed by atoms with E-state index in [-0.39, 0.29) is 29.8 Å². The van der Waals surface area contributed by atoms with Gasteiger partial charge >= 0.3 is 0 Å². The van der Waals surface area contributed by atoms with Crippen LogP contribution in [0.25, 0.3) is 0 Å². The largest absolute Gasteiger partial charge is 0.351 e. The SMILES string of the molecule is Cc1ccc(C(=O)NCC2CCCc3ccccc32)c(C)c1.Cc1ccc(C(=O)NCC2NCCc3ccccc32)cc1C.O=C(NCC1NCCc2ccccc21)c1ccc(Cl)c(Cl)c1. The number of aryl methyl sites for hydroxylation is 5. The second-order valence-electron chi connectivity index (χ2n) is 17.6. The quantitative estimate of drug-likeness (QED) is 0.0992. The Morgan fingerprint density at radius 3 is 1.62 bits per heavy atom. The van der Waals surface area contributed by atoms with Gasteiger partial charge in [-0.3, -0.25) is 14.4 Å². The highest BCUT2D eigenvalue weighted by Crippen LogP contribution is 2.31. The number of fused-ring (bicyclic) bond motifs is 3. The van der Waals surface area contributed by atoms with Crippen LogP contribution in [-0.2, 0) is 19.3 Å². The number of hydrogen-bond donors (Lipinski definition) is 5. The monoisotopic (exact) mass is 921 g/mol. The van der Waals surface area contributed by atoms with Crippen molar-refractivity contribution in [3.05, 3.63) is 210 Å². The molecule has 5 N–H and O–H groups in total. The fourth-order valence-electron chi connectivity index (χ4n) is 9.11. The highest BCUT2D eigenvalue weighted by molar-refractivity contribution is 6.42. The number of amides is 3. The molecule has 3 unspecified atom stereocenters. The molecule has 6 aromatic rings. The van der Waals surface area contributed by atoms with Crippen LogP contribution >= 0.6 is 23.2 Å². The van der Waals surface area contributed by atoms with Crippen molar-refractivity contribution >= 4 is 40.9 Å². The molecule has 0 saturated carbocycles. The summed E-state index contributed by atoms with van der Waals surface area (Å²) in [7, 11) is 0. The van der Waals surface area contributed by atoms with E-state index in [2.05, 4.69) is 106 Å². The molecule has 10 heteroatoms. The first-order chi connectivity index (χ1) is 31.9. The van der Waals surface area contributed by atoms with E-state index in [0.29, 0.717) is 34.6 Å². The second kappa shape index (κ2) is 23.1. The van der Waals surface area contributed by atoms with Crippen LogP contribution < -0.4 is 26.6 Å². The summed E-state index contributed by atoms with van der Waals surface area (Å²) >= 11 is 11.8. The minimum atomic E-state index is -0.150. The van der Waals surface area contributed by atoms with E-state index in [9.17, 15) is 14.4 Å². The standard InChI is InChI=1S/C20H23NO.C19H22N2O.C17H16Cl2N2O/c1-14-10-11-18(15(2)12-14)20(22)21-13-17-8-5-7-16-6-3-4-9-19(16)17;1-13-7-8-16(11-14(13)2)19(22)21-12-18-17-6-4-3-5-15(17)9-10-20-18;18-14-6-5-12(9-15(14)19)17(22)21-10-16-13-4-2-1-3-11(13)7-8-20-16/h3-4,6,9-12,17H,5,7-8,13H2,1-2H3,(H,21,22);3-8,11,18,20H,9-10,12H2,1-2H3,(H,21,22);1-6,9,16,20H,7-8,10H2,(H,21,22). The van der Waals surface area contributed by atoms with Gasteiger partial charge in [-0.25, -0.2) is 0 Å². The third-order valence-electron chi connectivity index (χ3n) is 12.9. The predicted molar refractivity (Wildman–Crippen MR) is 269 cm³/mol. The van der Waals surface area contributed by atoms with Crippen LogP contribution in [0.1, 0.15) is 118 Å². The van der Waals surface area contributed by atoms with Gasteiger partial charge in [-0.05, 0) is 159 Å². The van der Waals surface area contributed by atoms with Crippen LogP contribution in [0.5, 0.6) is 0 Å². The Labute approximate surface area is 400 Å². The van der Waals surface area contributed by atoms with Gasteiger partial charge in [0.15, 0.2) is 0 Å². The summed E-state index contributed by atoms with van der Waals surface area (Å²) in [5.41, 5.74) is 14.7. The van der Waals surface area contributed by atoms with Crippen LogP contribution in [0, 0.1) is 27.7 Å². The summed E-state index contributed by atoms with van der Waals surface area (Å²) in [5, 5.41) is 16.9. The molecule has 3 aliphatic rings. The minimum absolute atomic E-state index is 0.00652. The van der Waals surface area contributed by atoms with Crippen LogP contribution in [0.4, 0.5) is 0 Å². The van der Waals surface area contributed by atoms with Crippen LogP contribution in [-0.4, -0.2) is 50.4 Å². The Hall–Kier alpha value is -5.77. The van der Waals surface area contributed by atoms with Crippen molar-refractivity contribution in [2.75, 3.05) is 32.7 Å². The third-order valence-corrected chi connectivity index (χ3v) is 13.7. The Kier molecular flexibility index (Phi) is 16.9. The van der Waals surface area contributed by atoms with Crippen molar-refractivity contribution in [3.63, 3.8) is 0 Å². The molecule has 3 atom stereocenters. The zero-order valence-electron chi connectivity index (χ0n) is 38.4. The molecular formula is C56H61Cl2N5O3. The van der Waals surface area contributed by atoms with Crippen molar-refractivity contribution in [1.82, 2.24) is 26.6 Å². The highest BCUT2D eigenvalue weighted by atomic mass is 35.5. The van der Waals surface area contributed by atoms with Crippen molar-refractivity contribution in [1.29, 1.82) is 0 Å². The lowest BCUT2D eigenvalue weighted by Crippen LogP contribution is -2.38. The van der Waals surface area contributed by atoms with Crippen LogP contribution in [0.15, 0.2) is 127 Å². The zero-order chi connectivity index (χ0) is 46.6. The summed E-state index contributed by atoms with van der Waals surface area (Å²) in [6.07, 6.45) is 5.61. The molecular weight excluding hydrogens is 862 g/mol.